The van der Waals surface area contributed by atoms with Crippen molar-refractivity contribution in [1.82, 2.24) is 14.7 Å². The fourth-order valence-corrected chi connectivity index (χ4v) is 2.55. The van der Waals surface area contributed by atoms with Gasteiger partial charge in [0.05, 0.1) is 12.1 Å². The van der Waals surface area contributed by atoms with Crippen molar-refractivity contribution in [3.8, 4) is 0 Å². The van der Waals surface area contributed by atoms with Gasteiger partial charge in [0, 0.05) is 24.3 Å². The van der Waals surface area contributed by atoms with E-state index in [2.05, 4.69) is 5.10 Å². The largest absolute Gasteiger partial charge is 0.480 e. The molecule has 1 heterocycles. The molecule has 0 saturated heterocycles. The maximum Gasteiger partial charge on any atom is 0.323 e. The Hall–Kier alpha value is -1.85. The number of carboxylic acid groups (broad SMARTS) is 1. The number of nitrogens with zero attached hydrogens (tertiary/aromatic N) is 3. The number of aromatic nitrogens is 2. The SMILES string of the molecule is CCc1nn(C)c(CC)c1CC(=O)N(CC(=O)O)C(C)C. The van der Waals surface area contributed by atoms with E-state index in [0.29, 0.717) is 0 Å². The number of carbonyl (C=O) groups is 2. The van der Waals surface area contributed by atoms with E-state index in [9.17, 15) is 9.59 Å². The minimum absolute atomic E-state index is 0.138. The molecule has 0 spiro atoms. The van der Waals surface area contributed by atoms with Gasteiger partial charge in [0.25, 0.3) is 0 Å². The summed E-state index contributed by atoms with van der Waals surface area (Å²) in [5.74, 6) is -1.15. The Morgan fingerprint density at radius 3 is 2.33 bits per heavy atom. The molecule has 0 aromatic carbocycles. The zero-order valence-corrected chi connectivity index (χ0v) is 13.5. The summed E-state index contributed by atoms with van der Waals surface area (Å²) >= 11 is 0. The van der Waals surface area contributed by atoms with E-state index in [1.54, 1.807) is 0 Å². The second kappa shape index (κ2) is 7.24. The average Bonchev–Trinajstić information content (AvgIpc) is 2.70. The minimum atomic E-state index is -0.991. The summed E-state index contributed by atoms with van der Waals surface area (Å²) in [5.41, 5.74) is 2.91. The first-order valence-corrected chi connectivity index (χ1v) is 7.36. The standard InChI is InChI=1S/C15H25N3O3/c1-6-12-11(13(7-2)17(5)16-12)8-14(19)18(10(3)4)9-15(20)21/h10H,6-9H2,1-5H3,(H,20,21). The highest BCUT2D eigenvalue weighted by Gasteiger charge is 2.23. The average molecular weight is 295 g/mol. The molecule has 0 radical (unpaired) electrons. The van der Waals surface area contributed by atoms with Crippen LogP contribution in [0, 0.1) is 0 Å². The number of rotatable bonds is 7. The third-order valence-electron chi connectivity index (χ3n) is 3.61. The van der Waals surface area contributed by atoms with Crippen molar-refractivity contribution in [2.24, 2.45) is 7.05 Å². The van der Waals surface area contributed by atoms with E-state index in [-0.39, 0.29) is 24.9 Å². The molecule has 1 rings (SSSR count). The van der Waals surface area contributed by atoms with Crippen molar-refractivity contribution in [3.05, 3.63) is 17.0 Å². The monoisotopic (exact) mass is 295 g/mol. The minimum Gasteiger partial charge on any atom is -0.480 e. The predicted molar refractivity (Wildman–Crippen MR) is 80.2 cm³/mol. The molecule has 0 aliphatic rings. The maximum absolute atomic E-state index is 12.5. The molecule has 0 bridgehead atoms. The molecular formula is C15H25N3O3. The third kappa shape index (κ3) is 4.06. The van der Waals surface area contributed by atoms with Crippen molar-refractivity contribution >= 4 is 11.9 Å². The van der Waals surface area contributed by atoms with Gasteiger partial charge in [-0.05, 0) is 26.7 Å². The lowest BCUT2D eigenvalue weighted by Gasteiger charge is -2.25. The van der Waals surface area contributed by atoms with E-state index in [1.807, 2.05) is 39.4 Å². The van der Waals surface area contributed by atoms with Crippen LogP contribution in [0.4, 0.5) is 0 Å². The number of hydrogen-bond acceptors (Lipinski definition) is 3. The Bertz CT molecular complexity index is 520. The molecule has 6 nitrogen and oxygen atoms in total. The topological polar surface area (TPSA) is 75.4 Å². The normalized spacial score (nSPS) is 11.0. The molecule has 1 aromatic heterocycles. The van der Waals surface area contributed by atoms with E-state index in [0.717, 1.165) is 29.8 Å². The lowest BCUT2D eigenvalue weighted by atomic mass is 10.0. The molecule has 0 saturated carbocycles. The van der Waals surface area contributed by atoms with Gasteiger partial charge in [-0.1, -0.05) is 13.8 Å². The molecule has 6 heteroatoms. The molecule has 1 aromatic rings. The number of carbonyl (C=O) groups excluding carboxylic acids is 1. The lowest BCUT2D eigenvalue weighted by Crippen LogP contribution is -2.41. The highest BCUT2D eigenvalue weighted by molar-refractivity contribution is 5.83. The van der Waals surface area contributed by atoms with Crippen LogP contribution in [0.2, 0.25) is 0 Å². The van der Waals surface area contributed by atoms with E-state index in [4.69, 9.17) is 5.11 Å². The van der Waals surface area contributed by atoms with Crippen molar-refractivity contribution in [2.75, 3.05) is 6.54 Å². The Morgan fingerprint density at radius 2 is 1.90 bits per heavy atom. The summed E-state index contributed by atoms with van der Waals surface area (Å²) in [6.45, 7) is 7.42. The number of aryl methyl sites for hydroxylation is 2. The fraction of sp³-hybridized carbons (Fsp3) is 0.667. The van der Waals surface area contributed by atoms with Crippen molar-refractivity contribution < 1.29 is 14.7 Å². The first kappa shape index (κ1) is 17.2. The number of hydrogen-bond donors (Lipinski definition) is 1. The van der Waals surface area contributed by atoms with Crippen LogP contribution in [-0.4, -0.2) is 44.3 Å². The van der Waals surface area contributed by atoms with Gasteiger partial charge in [0.1, 0.15) is 6.54 Å². The molecule has 1 amide bonds. The van der Waals surface area contributed by atoms with Crippen LogP contribution in [0.3, 0.4) is 0 Å². The van der Waals surface area contributed by atoms with Crippen molar-refractivity contribution in [2.45, 2.75) is 53.0 Å². The lowest BCUT2D eigenvalue weighted by molar-refractivity contribution is -0.145. The van der Waals surface area contributed by atoms with Gasteiger partial charge >= 0.3 is 5.97 Å². The summed E-state index contributed by atoms with van der Waals surface area (Å²) in [4.78, 5) is 24.8. The van der Waals surface area contributed by atoms with E-state index >= 15 is 0 Å². The molecular weight excluding hydrogens is 270 g/mol. The molecule has 0 fully saturated rings. The Kier molecular flexibility index (Phi) is 5.93. The van der Waals surface area contributed by atoms with Crippen LogP contribution in [0.1, 0.15) is 44.6 Å². The summed E-state index contributed by atoms with van der Waals surface area (Å²) < 4.78 is 1.82. The summed E-state index contributed by atoms with van der Waals surface area (Å²) in [6.07, 6.45) is 1.77. The highest BCUT2D eigenvalue weighted by atomic mass is 16.4. The van der Waals surface area contributed by atoms with E-state index < -0.39 is 5.97 Å². The molecule has 1 N–H and O–H groups in total. The first-order valence-electron chi connectivity index (χ1n) is 7.36. The van der Waals surface area contributed by atoms with Crippen LogP contribution in [0.25, 0.3) is 0 Å². The molecule has 0 aliphatic heterocycles. The fourth-order valence-electron chi connectivity index (χ4n) is 2.55. The van der Waals surface area contributed by atoms with E-state index in [1.165, 1.54) is 4.90 Å². The Morgan fingerprint density at radius 1 is 1.29 bits per heavy atom. The maximum atomic E-state index is 12.5. The second-order valence-electron chi connectivity index (χ2n) is 5.39. The van der Waals surface area contributed by atoms with Gasteiger partial charge in [0.2, 0.25) is 5.91 Å². The summed E-state index contributed by atoms with van der Waals surface area (Å²) in [5, 5.41) is 13.4. The van der Waals surface area contributed by atoms with Gasteiger partial charge in [-0.15, -0.1) is 0 Å². The summed E-state index contributed by atoms with van der Waals surface area (Å²) in [7, 11) is 1.88. The van der Waals surface area contributed by atoms with Crippen molar-refractivity contribution in [3.63, 3.8) is 0 Å². The predicted octanol–water partition coefficient (Wildman–Crippen LogP) is 1.41. The van der Waals surface area contributed by atoms with Gasteiger partial charge in [-0.3, -0.25) is 14.3 Å². The summed E-state index contributed by atoms with van der Waals surface area (Å²) in [6, 6.07) is -0.138. The smallest absolute Gasteiger partial charge is 0.323 e. The van der Waals surface area contributed by atoms with Gasteiger partial charge in [0.15, 0.2) is 0 Å². The zero-order chi connectivity index (χ0) is 16.2. The third-order valence-corrected chi connectivity index (χ3v) is 3.61. The van der Waals surface area contributed by atoms with Crippen LogP contribution >= 0.6 is 0 Å². The molecule has 0 unspecified atom stereocenters. The molecule has 21 heavy (non-hydrogen) atoms. The van der Waals surface area contributed by atoms with Crippen LogP contribution in [0.5, 0.6) is 0 Å². The zero-order valence-electron chi connectivity index (χ0n) is 13.5. The Balaban J connectivity index is 3.03. The number of carboxylic acids is 1. The number of amides is 1. The quantitative estimate of drug-likeness (QED) is 0.825. The van der Waals surface area contributed by atoms with Gasteiger partial charge < -0.3 is 10.0 Å². The van der Waals surface area contributed by atoms with Crippen LogP contribution < -0.4 is 0 Å². The Labute approximate surface area is 125 Å². The van der Waals surface area contributed by atoms with Gasteiger partial charge in [-0.25, -0.2) is 0 Å². The van der Waals surface area contributed by atoms with Crippen LogP contribution in [-0.2, 0) is 35.9 Å². The molecule has 0 atom stereocenters. The van der Waals surface area contributed by atoms with Gasteiger partial charge in [-0.2, -0.15) is 5.10 Å². The van der Waals surface area contributed by atoms with Crippen LogP contribution in [0.15, 0.2) is 0 Å². The first-order chi connectivity index (χ1) is 9.81. The van der Waals surface area contributed by atoms with Crippen molar-refractivity contribution in [1.29, 1.82) is 0 Å². The number of aliphatic carboxylic acids is 1. The molecule has 118 valence electrons. The molecule has 0 aliphatic carbocycles. The highest BCUT2D eigenvalue weighted by Crippen LogP contribution is 2.17. The second-order valence-corrected chi connectivity index (χ2v) is 5.39.